The van der Waals surface area contributed by atoms with Gasteiger partial charge in [0.15, 0.2) is 11.5 Å². The first kappa shape index (κ1) is 14.7. The van der Waals surface area contributed by atoms with Crippen LogP contribution in [0.25, 0.3) is 0 Å². The van der Waals surface area contributed by atoms with Gasteiger partial charge in [-0.2, -0.15) is 4.99 Å². The maximum absolute atomic E-state index is 12.6. The smallest absolute Gasteiger partial charge is 0.285 e. The highest BCUT2D eigenvalue weighted by molar-refractivity contribution is 6.14. The second-order valence-electron chi connectivity index (χ2n) is 5.17. The lowest BCUT2D eigenvalue weighted by molar-refractivity contribution is -0.121. The quantitative estimate of drug-likeness (QED) is 0.668. The molecule has 0 fully saturated rings. The molecule has 23 heavy (non-hydrogen) atoms. The summed E-state index contributed by atoms with van der Waals surface area (Å²) in [7, 11) is 0. The minimum Gasteiger partial charge on any atom is -0.370 e. The van der Waals surface area contributed by atoms with Crippen molar-refractivity contribution in [1.29, 1.82) is 0 Å². The van der Waals surface area contributed by atoms with Gasteiger partial charge in [-0.15, -0.1) is 0 Å². The van der Waals surface area contributed by atoms with E-state index in [4.69, 9.17) is 11.5 Å². The molecular weight excluding hydrogens is 288 g/mol. The van der Waals surface area contributed by atoms with Gasteiger partial charge in [-0.1, -0.05) is 60.7 Å². The van der Waals surface area contributed by atoms with Crippen molar-refractivity contribution in [2.75, 3.05) is 0 Å². The average molecular weight is 304 g/mol. The van der Waals surface area contributed by atoms with E-state index in [0.717, 1.165) is 11.1 Å². The van der Waals surface area contributed by atoms with E-state index in [0.29, 0.717) is 5.71 Å². The van der Waals surface area contributed by atoms with Crippen LogP contribution in [0.5, 0.6) is 0 Å². The van der Waals surface area contributed by atoms with Crippen LogP contribution >= 0.6 is 0 Å². The number of hydrogen-bond donors (Lipinski definition) is 2. The number of rotatable bonds is 3. The van der Waals surface area contributed by atoms with Gasteiger partial charge in [0.1, 0.15) is 0 Å². The lowest BCUT2D eigenvalue weighted by Gasteiger charge is -2.21. The van der Waals surface area contributed by atoms with E-state index in [9.17, 15) is 4.79 Å². The van der Waals surface area contributed by atoms with Crippen LogP contribution in [0.2, 0.25) is 0 Å². The summed E-state index contributed by atoms with van der Waals surface area (Å²) in [5, 5.41) is 0. The molecule has 5 heteroatoms. The SMILES string of the molecule is NC(N)=NC(=O)C1(c2ccccc2)C=CC(c2ccccc2)=N1. The second kappa shape index (κ2) is 5.88. The summed E-state index contributed by atoms with van der Waals surface area (Å²) in [6, 6.07) is 18.9. The molecular formula is C18H16N4O. The van der Waals surface area contributed by atoms with E-state index in [2.05, 4.69) is 9.98 Å². The monoisotopic (exact) mass is 304 g/mol. The van der Waals surface area contributed by atoms with Gasteiger partial charge in [0.25, 0.3) is 5.91 Å². The molecule has 1 unspecified atom stereocenters. The number of benzene rings is 2. The molecule has 1 aliphatic heterocycles. The third-order valence-electron chi connectivity index (χ3n) is 3.62. The highest BCUT2D eigenvalue weighted by Gasteiger charge is 2.40. The Bertz CT molecular complexity index is 805. The molecule has 4 N–H and O–H groups in total. The summed E-state index contributed by atoms with van der Waals surface area (Å²) in [6.07, 6.45) is 3.56. The van der Waals surface area contributed by atoms with E-state index in [-0.39, 0.29) is 5.96 Å². The highest BCUT2D eigenvalue weighted by Crippen LogP contribution is 2.34. The molecule has 0 saturated heterocycles. The molecule has 3 rings (SSSR count). The molecule has 2 aromatic rings. The molecule has 1 heterocycles. The van der Waals surface area contributed by atoms with Crippen LogP contribution < -0.4 is 11.5 Å². The maximum atomic E-state index is 12.6. The molecule has 0 aliphatic carbocycles. The Kier molecular flexibility index (Phi) is 3.76. The number of guanidine groups is 1. The van der Waals surface area contributed by atoms with Crippen molar-refractivity contribution in [2.45, 2.75) is 5.54 Å². The summed E-state index contributed by atoms with van der Waals surface area (Å²) >= 11 is 0. The predicted molar refractivity (Wildman–Crippen MR) is 91.1 cm³/mol. The summed E-state index contributed by atoms with van der Waals surface area (Å²) in [6.45, 7) is 0. The highest BCUT2D eigenvalue weighted by atomic mass is 16.2. The van der Waals surface area contributed by atoms with Crippen molar-refractivity contribution in [3.63, 3.8) is 0 Å². The van der Waals surface area contributed by atoms with Gasteiger partial charge in [-0.05, 0) is 23.3 Å². The topological polar surface area (TPSA) is 93.8 Å². The molecule has 0 aromatic heterocycles. The Balaban J connectivity index is 2.13. The Morgan fingerprint density at radius 3 is 2.17 bits per heavy atom. The van der Waals surface area contributed by atoms with Gasteiger partial charge >= 0.3 is 0 Å². The first-order chi connectivity index (χ1) is 11.1. The van der Waals surface area contributed by atoms with Gasteiger partial charge < -0.3 is 11.5 Å². The molecule has 0 saturated carbocycles. The predicted octanol–water partition coefficient (Wildman–Crippen LogP) is 1.74. The number of hydrogen-bond acceptors (Lipinski definition) is 2. The van der Waals surface area contributed by atoms with Crippen LogP contribution in [0.1, 0.15) is 11.1 Å². The molecule has 0 bridgehead atoms. The first-order valence-electron chi connectivity index (χ1n) is 7.16. The largest absolute Gasteiger partial charge is 0.370 e. The minimum absolute atomic E-state index is 0.276. The van der Waals surface area contributed by atoms with E-state index >= 15 is 0 Å². The number of carbonyl (C=O) groups excluding carboxylic acids is 1. The molecule has 1 atom stereocenters. The summed E-state index contributed by atoms with van der Waals surface area (Å²) in [5.41, 5.74) is 11.9. The van der Waals surface area contributed by atoms with Crippen molar-refractivity contribution < 1.29 is 4.79 Å². The summed E-state index contributed by atoms with van der Waals surface area (Å²) < 4.78 is 0. The lowest BCUT2D eigenvalue weighted by atomic mass is 9.90. The Morgan fingerprint density at radius 2 is 1.57 bits per heavy atom. The van der Waals surface area contributed by atoms with Gasteiger partial charge in [0, 0.05) is 0 Å². The van der Waals surface area contributed by atoms with Gasteiger partial charge in [-0.3, -0.25) is 9.79 Å². The minimum atomic E-state index is -1.23. The maximum Gasteiger partial charge on any atom is 0.285 e. The second-order valence-corrected chi connectivity index (χ2v) is 5.17. The molecule has 0 spiro atoms. The van der Waals surface area contributed by atoms with Crippen molar-refractivity contribution >= 4 is 17.6 Å². The molecule has 1 amide bonds. The third-order valence-corrected chi connectivity index (χ3v) is 3.62. The summed E-state index contributed by atoms with van der Waals surface area (Å²) in [4.78, 5) is 21.0. The van der Waals surface area contributed by atoms with Crippen LogP contribution in [0, 0.1) is 0 Å². The van der Waals surface area contributed by atoms with Crippen molar-refractivity contribution in [3.8, 4) is 0 Å². The molecule has 2 aromatic carbocycles. The van der Waals surface area contributed by atoms with E-state index < -0.39 is 11.4 Å². The third kappa shape index (κ3) is 2.76. The van der Waals surface area contributed by atoms with E-state index in [1.165, 1.54) is 0 Å². The zero-order chi connectivity index (χ0) is 16.3. The van der Waals surface area contributed by atoms with Crippen molar-refractivity contribution in [3.05, 3.63) is 83.9 Å². The van der Waals surface area contributed by atoms with E-state index in [1.54, 1.807) is 6.08 Å². The molecule has 114 valence electrons. The number of amides is 1. The molecule has 1 aliphatic rings. The normalized spacial score (nSPS) is 19.2. The fraction of sp³-hybridized carbons (Fsp3) is 0.0556. The Labute approximate surface area is 134 Å². The van der Waals surface area contributed by atoms with Crippen LogP contribution in [0.4, 0.5) is 0 Å². The van der Waals surface area contributed by atoms with Crippen LogP contribution in [0.3, 0.4) is 0 Å². The average Bonchev–Trinajstić information content (AvgIpc) is 3.03. The molecule has 0 radical (unpaired) electrons. The fourth-order valence-corrected chi connectivity index (χ4v) is 2.53. The number of allylic oxidation sites excluding steroid dienone is 1. The zero-order valence-corrected chi connectivity index (χ0v) is 12.4. The Hall–Kier alpha value is -3.21. The lowest BCUT2D eigenvalue weighted by Crippen LogP contribution is -2.33. The van der Waals surface area contributed by atoms with E-state index in [1.807, 2.05) is 66.7 Å². The number of nitrogens with two attached hydrogens (primary N) is 2. The number of aliphatic imine (C=N–C) groups is 2. The fourth-order valence-electron chi connectivity index (χ4n) is 2.53. The first-order valence-corrected chi connectivity index (χ1v) is 7.16. The van der Waals surface area contributed by atoms with Crippen LogP contribution in [-0.2, 0) is 10.3 Å². The number of nitrogens with zero attached hydrogens (tertiary/aromatic N) is 2. The van der Waals surface area contributed by atoms with Gasteiger partial charge in [0.2, 0.25) is 0 Å². The van der Waals surface area contributed by atoms with Crippen LogP contribution in [0.15, 0.2) is 82.8 Å². The number of carbonyl (C=O) groups is 1. The van der Waals surface area contributed by atoms with Crippen molar-refractivity contribution in [1.82, 2.24) is 0 Å². The van der Waals surface area contributed by atoms with Crippen molar-refractivity contribution in [2.24, 2.45) is 21.5 Å². The van der Waals surface area contributed by atoms with Gasteiger partial charge in [0.05, 0.1) is 5.71 Å². The standard InChI is InChI=1S/C18H16N4O/c19-17(20)21-16(23)18(14-9-5-2-6-10-14)12-11-15(22-18)13-7-3-1-4-8-13/h1-12H,(H4,19,20,21,23). The summed E-state index contributed by atoms with van der Waals surface area (Å²) in [5.74, 6) is -0.784. The van der Waals surface area contributed by atoms with Gasteiger partial charge in [-0.25, -0.2) is 0 Å². The zero-order valence-electron chi connectivity index (χ0n) is 12.4. The Morgan fingerprint density at radius 1 is 0.957 bits per heavy atom. The van der Waals surface area contributed by atoms with Crippen LogP contribution in [-0.4, -0.2) is 17.6 Å². The molecule has 5 nitrogen and oxygen atoms in total.